The number of ether oxygens (including phenoxy) is 1. The van der Waals surface area contributed by atoms with E-state index in [-0.39, 0.29) is 16.6 Å². The van der Waals surface area contributed by atoms with Crippen molar-refractivity contribution in [2.75, 3.05) is 19.4 Å². The maximum absolute atomic E-state index is 12.3. The average molecular weight is 365 g/mol. The van der Waals surface area contributed by atoms with Crippen LogP contribution in [0.4, 0.5) is 5.69 Å². The summed E-state index contributed by atoms with van der Waals surface area (Å²) >= 11 is 3.25. The Labute approximate surface area is 129 Å². The molecule has 0 bridgehead atoms. The Morgan fingerprint density at radius 1 is 1.35 bits per heavy atom. The highest BCUT2D eigenvalue weighted by Gasteiger charge is 2.22. The fourth-order valence-electron chi connectivity index (χ4n) is 1.47. The normalized spacial score (nSPS) is 13.5. The van der Waals surface area contributed by atoms with Crippen LogP contribution >= 0.6 is 15.9 Å². The third kappa shape index (κ3) is 4.10. The number of benzene rings is 1. The van der Waals surface area contributed by atoms with Crippen molar-refractivity contribution < 1.29 is 13.2 Å². The third-order valence-electron chi connectivity index (χ3n) is 3.31. The highest BCUT2D eigenvalue weighted by Crippen LogP contribution is 2.32. The molecule has 0 spiro atoms. The van der Waals surface area contributed by atoms with Crippen molar-refractivity contribution in [3.05, 3.63) is 16.6 Å². The maximum atomic E-state index is 12.3. The van der Waals surface area contributed by atoms with Crippen LogP contribution in [0.2, 0.25) is 0 Å². The molecule has 0 fully saturated rings. The topological polar surface area (TPSA) is 81.4 Å². The van der Waals surface area contributed by atoms with Crippen LogP contribution in [0.25, 0.3) is 0 Å². The molecule has 1 unspecified atom stereocenters. The fraction of sp³-hybridized carbons (Fsp3) is 0.538. The molecule has 0 saturated carbocycles. The smallest absolute Gasteiger partial charge is 0.244 e. The molecular weight excluding hydrogens is 344 g/mol. The van der Waals surface area contributed by atoms with Crippen LogP contribution in [-0.4, -0.2) is 22.1 Å². The van der Waals surface area contributed by atoms with Gasteiger partial charge in [-0.05, 0) is 39.9 Å². The van der Waals surface area contributed by atoms with E-state index in [1.807, 2.05) is 6.92 Å². The first-order valence-corrected chi connectivity index (χ1v) is 8.59. The first-order chi connectivity index (χ1) is 9.19. The van der Waals surface area contributed by atoms with Crippen molar-refractivity contribution in [1.82, 2.24) is 4.72 Å². The molecule has 5 nitrogen and oxygen atoms in total. The molecule has 0 heterocycles. The van der Waals surface area contributed by atoms with E-state index in [0.717, 1.165) is 0 Å². The number of halogens is 1. The molecule has 1 rings (SSSR count). The standard InChI is InChI=1S/C13H21BrN2O3S/c1-8(2)9(3)7-16-20(17,18)13-6-11(15)10(14)5-12(13)19-4/h5-6,8-9,16H,7,15H2,1-4H3. The number of nitrogens with one attached hydrogen (secondary N) is 1. The van der Waals surface area contributed by atoms with Gasteiger partial charge in [0, 0.05) is 16.7 Å². The van der Waals surface area contributed by atoms with Gasteiger partial charge >= 0.3 is 0 Å². The lowest BCUT2D eigenvalue weighted by molar-refractivity contribution is 0.399. The molecule has 0 aliphatic rings. The van der Waals surface area contributed by atoms with Crippen molar-refractivity contribution in [2.24, 2.45) is 11.8 Å². The van der Waals surface area contributed by atoms with E-state index in [2.05, 4.69) is 34.5 Å². The second-order valence-corrected chi connectivity index (χ2v) is 7.69. The van der Waals surface area contributed by atoms with Gasteiger partial charge in [0.25, 0.3) is 0 Å². The number of anilines is 1. The van der Waals surface area contributed by atoms with E-state index in [0.29, 0.717) is 22.6 Å². The van der Waals surface area contributed by atoms with Crippen LogP contribution in [0.1, 0.15) is 20.8 Å². The lowest BCUT2D eigenvalue weighted by Crippen LogP contribution is -2.30. The minimum Gasteiger partial charge on any atom is -0.495 e. The Bertz CT molecular complexity index is 573. The molecule has 0 radical (unpaired) electrons. The Hall–Kier alpha value is -0.790. The molecule has 3 N–H and O–H groups in total. The van der Waals surface area contributed by atoms with Crippen molar-refractivity contribution in [1.29, 1.82) is 0 Å². The van der Waals surface area contributed by atoms with Crippen LogP contribution < -0.4 is 15.2 Å². The van der Waals surface area contributed by atoms with E-state index >= 15 is 0 Å². The third-order valence-corrected chi connectivity index (χ3v) is 5.44. The minimum atomic E-state index is -3.65. The van der Waals surface area contributed by atoms with E-state index in [4.69, 9.17) is 10.5 Å². The number of sulfonamides is 1. The van der Waals surface area contributed by atoms with Gasteiger partial charge in [0.05, 0.1) is 7.11 Å². The lowest BCUT2D eigenvalue weighted by Gasteiger charge is -2.17. The summed E-state index contributed by atoms with van der Waals surface area (Å²) in [7, 11) is -2.22. The summed E-state index contributed by atoms with van der Waals surface area (Å²) in [5.41, 5.74) is 6.10. The summed E-state index contributed by atoms with van der Waals surface area (Å²) in [6.07, 6.45) is 0. The summed E-state index contributed by atoms with van der Waals surface area (Å²) in [4.78, 5) is 0.0525. The zero-order chi connectivity index (χ0) is 15.5. The zero-order valence-corrected chi connectivity index (χ0v) is 14.5. The average Bonchev–Trinajstić information content (AvgIpc) is 2.38. The first kappa shape index (κ1) is 17.3. The van der Waals surface area contributed by atoms with Crippen LogP contribution in [0.5, 0.6) is 5.75 Å². The Balaban J connectivity index is 3.06. The van der Waals surface area contributed by atoms with Crippen molar-refractivity contribution in [2.45, 2.75) is 25.7 Å². The van der Waals surface area contributed by atoms with E-state index in [1.165, 1.54) is 13.2 Å². The van der Waals surface area contributed by atoms with Gasteiger partial charge in [-0.1, -0.05) is 20.8 Å². The van der Waals surface area contributed by atoms with Gasteiger partial charge in [0.2, 0.25) is 10.0 Å². The minimum absolute atomic E-state index is 0.0525. The number of nitrogens with two attached hydrogens (primary N) is 1. The SMILES string of the molecule is COc1cc(Br)c(N)cc1S(=O)(=O)NCC(C)C(C)C. The second-order valence-electron chi connectivity index (χ2n) is 5.10. The molecule has 0 aliphatic carbocycles. The van der Waals surface area contributed by atoms with Crippen LogP contribution in [-0.2, 0) is 10.0 Å². The molecule has 20 heavy (non-hydrogen) atoms. The molecule has 1 atom stereocenters. The monoisotopic (exact) mass is 364 g/mol. The molecule has 0 amide bonds. The predicted octanol–water partition coefficient (Wildman–Crippen LogP) is 2.61. The first-order valence-electron chi connectivity index (χ1n) is 6.31. The number of hydrogen-bond acceptors (Lipinski definition) is 4. The Kier molecular flexibility index (Phi) is 5.85. The summed E-state index contributed by atoms with van der Waals surface area (Å²) in [6.45, 7) is 6.48. The van der Waals surface area contributed by atoms with E-state index in [1.54, 1.807) is 6.07 Å². The quantitative estimate of drug-likeness (QED) is 0.760. The predicted molar refractivity (Wildman–Crippen MR) is 84.3 cm³/mol. The Morgan fingerprint density at radius 3 is 2.45 bits per heavy atom. The highest BCUT2D eigenvalue weighted by molar-refractivity contribution is 9.10. The number of hydrogen-bond donors (Lipinski definition) is 2. The van der Waals surface area contributed by atoms with Crippen molar-refractivity contribution in [3.8, 4) is 5.75 Å². The molecule has 0 aromatic heterocycles. The molecular formula is C13H21BrN2O3S. The van der Waals surface area contributed by atoms with Gasteiger partial charge in [0.1, 0.15) is 10.6 Å². The molecule has 0 saturated heterocycles. The Morgan fingerprint density at radius 2 is 1.95 bits per heavy atom. The number of methoxy groups -OCH3 is 1. The van der Waals surface area contributed by atoms with Gasteiger partial charge in [0.15, 0.2) is 0 Å². The zero-order valence-electron chi connectivity index (χ0n) is 12.1. The highest BCUT2D eigenvalue weighted by atomic mass is 79.9. The summed E-state index contributed by atoms with van der Waals surface area (Å²) < 4.78 is 33.0. The van der Waals surface area contributed by atoms with Crippen molar-refractivity contribution in [3.63, 3.8) is 0 Å². The van der Waals surface area contributed by atoms with Crippen LogP contribution in [0, 0.1) is 11.8 Å². The summed E-state index contributed by atoms with van der Waals surface area (Å²) in [5, 5.41) is 0. The number of rotatable bonds is 6. The van der Waals surface area contributed by atoms with Gasteiger partial charge in [-0.3, -0.25) is 0 Å². The van der Waals surface area contributed by atoms with Gasteiger partial charge in [-0.2, -0.15) is 0 Å². The largest absolute Gasteiger partial charge is 0.495 e. The second kappa shape index (κ2) is 6.78. The van der Waals surface area contributed by atoms with Gasteiger partial charge in [-0.15, -0.1) is 0 Å². The fourth-order valence-corrected chi connectivity index (χ4v) is 3.12. The molecule has 114 valence electrons. The van der Waals surface area contributed by atoms with Crippen LogP contribution in [0.15, 0.2) is 21.5 Å². The number of nitrogen functional groups attached to an aromatic ring is 1. The lowest BCUT2D eigenvalue weighted by atomic mass is 9.99. The van der Waals surface area contributed by atoms with Gasteiger partial charge < -0.3 is 10.5 Å². The summed E-state index contributed by atoms with van der Waals surface area (Å²) in [5.74, 6) is 0.897. The van der Waals surface area contributed by atoms with E-state index in [9.17, 15) is 8.42 Å². The maximum Gasteiger partial charge on any atom is 0.244 e. The molecule has 1 aromatic rings. The van der Waals surface area contributed by atoms with Crippen LogP contribution in [0.3, 0.4) is 0 Å². The van der Waals surface area contributed by atoms with E-state index < -0.39 is 10.0 Å². The molecule has 7 heteroatoms. The molecule has 1 aromatic carbocycles. The molecule has 0 aliphatic heterocycles. The van der Waals surface area contributed by atoms with Gasteiger partial charge in [-0.25, -0.2) is 13.1 Å². The summed E-state index contributed by atoms with van der Waals surface area (Å²) in [6, 6.07) is 2.95. The van der Waals surface area contributed by atoms with Crippen molar-refractivity contribution >= 4 is 31.6 Å².